The lowest BCUT2D eigenvalue weighted by Gasteiger charge is -2.20. The van der Waals surface area contributed by atoms with Crippen molar-refractivity contribution < 1.29 is 27.5 Å². The monoisotopic (exact) mass is 443 g/mol. The maximum absolute atomic E-state index is 13.2. The van der Waals surface area contributed by atoms with Gasteiger partial charge in [-0.15, -0.1) is 0 Å². The number of hydrogen-bond acceptors (Lipinski definition) is 4. The zero-order chi connectivity index (χ0) is 22.3. The SMILES string of the molecule is CCN(CC(=O)Nc1cccc(OC)c1)CC(=O)Nc1ccc(Cl)cc1C(F)(F)F. The fourth-order valence-corrected chi connectivity index (χ4v) is 2.81. The minimum Gasteiger partial charge on any atom is -0.497 e. The van der Waals surface area contributed by atoms with Gasteiger partial charge in [0.15, 0.2) is 0 Å². The van der Waals surface area contributed by atoms with Crippen LogP contribution in [0.1, 0.15) is 12.5 Å². The van der Waals surface area contributed by atoms with Crippen LogP contribution in [0.5, 0.6) is 5.75 Å². The van der Waals surface area contributed by atoms with Gasteiger partial charge >= 0.3 is 6.18 Å². The Kier molecular flexibility index (Phi) is 8.08. The molecule has 0 bridgehead atoms. The van der Waals surface area contributed by atoms with E-state index >= 15 is 0 Å². The van der Waals surface area contributed by atoms with Crippen molar-refractivity contribution in [1.29, 1.82) is 0 Å². The fourth-order valence-electron chi connectivity index (χ4n) is 2.64. The minimum absolute atomic E-state index is 0.0928. The molecule has 30 heavy (non-hydrogen) atoms. The van der Waals surface area contributed by atoms with Crippen LogP contribution in [0.3, 0.4) is 0 Å². The molecule has 2 aromatic carbocycles. The van der Waals surface area contributed by atoms with E-state index in [1.165, 1.54) is 18.1 Å². The van der Waals surface area contributed by atoms with Gasteiger partial charge in [0.1, 0.15) is 5.75 Å². The van der Waals surface area contributed by atoms with E-state index in [0.29, 0.717) is 18.0 Å². The second kappa shape index (κ2) is 10.3. The van der Waals surface area contributed by atoms with Crippen LogP contribution in [0.2, 0.25) is 5.02 Å². The van der Waals surface area contributed by atoms with Crippen molar-refractivity contribution in [2.75, 3.05) is 37.4 Å². The Labute approximate surface area is 177 Å². The number of methoxy groups -OCH3 is 1. The van der Waals surface area contributed by atoms with Gasteiger partial charge in [-0.3, -0.25) is 14.5 Å². The Balaban J connectivity index is 1.99. The number of nitrogens with zero attached hydrogens (tertiary/aromatic N) is 1. The predicted octanol–water partition coefficient (Wildman–Crippen LogP) is 4.27. The number of halogens is 4. The Morgan fingerprint density at radius 2 is 1.73 bits per heavy atom. The number of ether oxygens (including phenoxy) is 1. The van der Waals surface area contributed by atoms with Crippen LogP contribution in [0.25, 0.3) is 0 Å². The van der Waals surface area contributed by atoms with Gasteiger partial charge in [-0.1, -0.05) is 24.6 Å². The molecule has 0 unspecified atom stereocenters. The molecule has 0 saturated heterocycles. The summed E-state index contributed by atoms with van der Waals surface area (Å²) < 4.78 is 44.6. The maximum atomic E-state index is 13.2. The van der Waals surface area contributed by atoms with E-state index in [2.05, 4.69) is 10.6 Å². The number of carbonyl (C=O) groups excluding carboxylic acids is 2. The van der Waals surface area contributed by atoms with Crippen molar-refractivity contribution in [3.63, 3.8) is 0 Å². The first kappa shape index (κ1) is 23.5. The largest absolute Gasteiger partial charge is 0.497 e. The summed E-state index contributed by atoms with van der Waals surface area (Å²) in [6, 6.07) is 9.85. The molecule has 0 radical (unpaired) electrons. The van der Waals surface area contributed by atoms with Gasteiger partial charge in [-0.25, -0.2) is 0 Å². The van der Waals surface area contributed by atoms with Crippen LogP contribution in [0, 0.1) is 0 Å². The second-order valence-electron chi connectivity index (χ2n) is 6.32. The fraction of sp³-hybridized carbons (Fsp3) is 0.300. The number of alkyl halides is 3. The molecule has 0 aromatic heterocycles. The molecule has 0 aliphatic heterocycles. The van der Waals surface area contributed by atoms with Crippen molar-refractivity contribution in [2.24, 2.45) is 0 Å². The van der Waals surface area contributed by atoms with Crippen LogP contribution < -0.4 is 15.4 Å². The Morgan fingerprint density at radius 1 is 1.07 bits per heavy atom. The molecule has 2 aromatic rings. The zero-order valence-corrected chi connectivity index (χ0v) is 17.1. The molecule has 0 saturated carbocycles. The standard InChI is InChI=1S/C20H21ClF3N3O3/c1-3-27(11-18(28)25-14-5-4-6-15(10-14)30-2)12-19(29)26-17-8-7-13(21)9-16(17)20(22,23)24/h4-10H,3,11-12H2,1-2H3,(H,25,28)(H,26,29). The van der Waals surface area contributed by atoms with Crippen LogP contribution in [0.15, 0.2) is 42.5 Å². The van der Waals surface area contributed by atoms with Crippen LogP contribution >= 0.6 is 11.6 Å². The minimum atomic E-state index is -4.67. The van der Waals surface area contributed by atoms with Crippen molar-refractivity contribution in [3.05, 3.63) is 53.1 Å². The number of rotatable bonds is 8. The molecule has 0 aliphatic carbocycles. The summed E-state index contributed by atoms with van der Waals surface area (Å²) in [6.07, 6.45) is -4.67. The van der Waals surface area contributed by atoms with E-state index in [9.17, 15) is 22.8 Å². The van der Waals surface area contributed by atoms with Crippen LogP contribution in [-0.2, 0) is 15.8 Å². The first-order chi connectivity index (χ1) is 14.1. The van der Waals surface area contributed by atoms with Gasteiger partial charge in [-0.2, -0.15) is 13.2 Å². The molecule has 2 N–H and O–H groups in total. The summed E-state index contributed by atoms with van der Waals surface area (Å²) in [7, 11) is 1.50. The van der Waals surface area contributed by atoms with Crippen molar-refractivity contribution in [3.8, 4) is 5.75 Å². The third-order valence-electron chi connectivity index (χ3n) is 4.10. The summed E-state index contributed by atoms with van der Waals surface area (Å²) in [5.41, 5.74) is -0.910. The van der Waals surface area contributed by atoms with Gasteiger partial charge in [0.25, 0.3) is 0 Å². The summed E-state index contributed by atoms with van der Waals surface area (Å²) >= 11 is 5.64. The number of carbonyl (C=O) groups is 2. The van der Waals surface area contributed by atoms with E-state index in [1.807, 2.05) is 0 Å². The highest BCUT2D eigenvalue weighted by Gasteiger charge is 2.34. The van der Waals surface area contributed by atoms with E-state index in [0.717, 1.165) is 12.1 Å². The van der Waals surface area contributed by atoms with Gasteiger partial charge in [0.05, 0.1) is 31.5 Å². The normalized spacial score (nSPS) is 11.3. The van der Waals surface area contributed by atoms with Gasteiger partial charge in [0.2, 0.25) is 11.8 Å². The Morgan fingerprint density at radius 3 is 2.33 bits per heavy atom. The third-order valence-corrected chi connectivity index (χ3v) is 4.33. The molecule has 162 valence electrons. The molecular formula is C20H21ClF3N3O3. The average molecular weight is 444 g/mol. The number of nitrogens with one attached hydrogen (secondary N) is 2. The van der Waals surface area contributed by atoms with E-state index in [-0.39, 0.29) is 24.0 Å². The lowest BCUT2D eigenvalue weighted by Crippen LogP contribution is -2.38. The quantitative estimate of drug-likeness (QED) is 0.639. The molecule has 2 rings (SSSR count). The molecule has 0 heterocycles. The maximum Gasteiger partial charge on any atom is 0.418 e. The van der Waals surface area contributed by atoms with E-state index < -0.39 is 23.3 Å². The van der Waals surface area contributed by atoms with E-state index in [1.54, 1.807) is 31.2 Å². The molecule has 0 atom stereocenters. The number of amides is 2. The number of benzene rings is 2. The Hall–Kier alpha value is -2.78. The van der Waals surface area contributed by atoms with Crippen LogP contribution in [-0.4, -0.2) is 43.5 Å². The number of anilines is 2. The number of likely N-dealkylation sites (N-methyl/N-ethyl adjacent to an activating group) is 1. The summed E-state index contributed by atoms with van der Waals surface area (Å²) in [5, 5.41) is 4.83. The third kappa shape index (κ3) is 6.93. The van der Waals surface area contributed by atoms with Gasteiger partial charge in [0, 0.05) is 16.8 Å². The molecule has 0 fully saturated rings. The molecule has 10 heteroatoms. The van der Waals surface area contributed by atoms with Gasteiger partial charge < -0.3 is 15.4 Å². The summed E-state index contributed by atoms with van der Waals surface area (Å²) in [6.45, 7) is 1.69. The van der Waals surface area contributed by atoms with Crippen molar-refractivity contribution >= 4 is 34.8 Å². The molecule has 0 aliphatic rings. The first-order valence-corrected chi connectivity index (χ1v) is 9.33. The predicted molar refractivity (Wildman–Crippen MR) is 109 cm³/mol. The second-order valence-corrected chi connectivity index (χ2v) is 6.76. The summed E-state index contributed by atoms with van der Waals surface area (Å²) in [5.74, 6) is -0.484. The average Bonchev–Trinajstić information content (AvgIpc) is 2.68. The smallest absolute Gasteiger partial charge is 0.418 e. The van der Waals surface area contributed by atoms with Crippen molar-refractivity contribution in [2.45, 2.75) is 13.1 Å². The summed E-state index contributed by atoms with van der Waals surface area (Å²) in [4.78, 5) is 26.0. The molecule has 0 spiro atoms. The molecule has 2 amide bonds. The molecule has 6 nitrogen and oxygen atoms in total. The lowest BCUT2D eigenvalue weighted by atomic mass is 10.1. The number of hydrogen-bond donors (Lipinski definition) is 2. The zero-order valence-electron chi connectivity index (χ0n) is 16.3. The molecular weight excluding hydrogens is 423 g/mol. The Bertz CT molecular complexity index is 906. The van der Waals surface area contributed by atoms with E-state index in [4.69, 9.17) is 16.3 Å². The highest BCUT2D eigenvalue weighted by Crippen LogP contribution is 2.36. The highest BCUT2D eigenvalue weighted by molar-refractivity contribution is 6.30. The van der Waals surface area contributed by atoms with Gasteiger partial charge in [-0.05, 0) is 36.9 Å². The van der Waals surface area contributed by atoms with Crippen LogP contribution in [0.4, 0.5) is 24.5 Å². The highest BCUT2D eigenvalue weighted by atomic mass is 35.5. The topological polar surface area (TPSA) is 70.7 Å². The lowest BCUT2D eigenvalue weighted by molar-refractivity contribution is -0.137. The first-order valence-electron chi connectivity index (χ1n) is 8.95. The van der Waals surface area contributed by atoms with Crippen molar-refractivity contribution in [1.82, 2.24) is 4.90 Å².